The van der Waals surface area contributed by atoms with E-state index in [1.807, 2.05) is 12.1 Å². The summed E-state index contributed by atoms with van der Waals surface area (Å²) in [4.78, 5) is 41.5. The van der Waals surface area contributed by atoms with Gasteiger partial charge in [0.1, 0.15) is 6.54 Å². The number of hydrogen-bond donors (Lipinski definition) is 1. The van der Waals surface area contributed by atoms with Crippen molar-refractivity contribution in [1.29, 1.82) is 0 Å². The predicted octanol–water partition coefficient (Wildman–Crippen LogP) is 1.13. The van der Waals surface area contributed by atoms with Gasteiger partial charge >= 0.3 is 6.03 Å². The maximum absolute atomic E-state index is 13.6. The molecule has 0 bridgehead atoms. The van der Waals surface area contributed by atoms with Gasteiger partial charge in [-0.1, -0.05) is 60.7 Å². The third kappa shape index (κ3) is 3.69. The van der Waals surface area contributed by atoms with Gasteiger partial charge in [-0.25, -0.2) is 13.2 Å². The van der Waals surface area contributed by atoms with Crippen molar-refractivity contribution in [1.82, 2.24) is 15.1 Å². The molecule has 2 saturated heterocycles. The molecule has 31 heavy (non-hydrogen) atoms. The van der Waals surface area contributed by atoms with Crippen LogP contribution in [-0.4, -0.2) is 67.2 Å². The molecule has 9 heteroatoms. The Morgan fingerprint density at radius 2 is 1.61 bits per heavy atom. The quantitative estimate of drug-likeness (QED) is 0.701. The van der Waals surface area contributed by atoms with Crippen LogP contribution < -0.4 is 5.32 Å². The second-order valence-corrected chi connectivity index (χ2v) is 10.1. The van der Waals surface area contributed by atoms with Crippen LogP contribution in [0.4, 0.5) is 4.79 Å². The number of carbonyl (C=O) groups is 3. The monoisotopic (exact) mass is 441 g/mol. The Balaban J connectivity index is 1.63. The number of carbonyl (C=O) groups excluding carboxylic acids is 3. The molecule has 0 aliphatic carbocycles. The molecule has 162 valence electrons. The number of nitrogens with zero attached hydrogens (tertiary/aromatic N) is 2. The van der Waals surface area contributed by atoms with Crippen molar-refractivity contribution in [2.24, 2.45) is 0 Å². The number of urea groups is 1. The predicted molar refractivity (Wildman–Crippen MR) is 114 cm³/mol. The molecule has 0 aromatic heterocycles. The van der Waals surface area contributed by atoms with Gasteiger partial charge in [0.2, 0.25) is 5.91 Å². The molecule has 4 amide bonds. The van der Waals surface area contributed by atoms with E-state index in [4.69, 9.17) is 0 Å². The fourth-order valence-electron chi connectivity index (χ4n) is 4.19. The summed E-state index contributed by atoms with van der Waals surface area (Å²) in [5.74, 6) is -1.10. The van der Waals surface area contributed by atoms with E-state index < -0.39 is 45.8 Å². The van der Waals surface area contributed by atoms with Crippen LogP contribution in [0.3, 0.4) is 0 Å². The summed E-state index contributed by atoms with van der Waals surface area (Å²) in [6, 6.07) is 16.7. The van der Waals surface area contributed by atoms with E-state index in [1.165, 1.54) is 11.9 Å². The molecule has 2 aliphatic rings. The third-order valence-corrected chi connectivity index (χ3v) is 7.71. The van der Waals surface area contributed by atoms with Gasteiger partial charge in [0.05, 0.1) is 11.5 Å². The van der Waals surface area contributed by atoms with Crippen molar-refractivity contribution < 1.29 is 22.8 Å². The maximum Gasteiger partial charge on any atom is 0.326 e. The highest BCUT2D eigenvalue weighted by atomic mass is 32.2. The van der Waals surface area contributed by atoms with E-state index in [0.717, 1.165) is 4.90 Å². The normalized spacial score (nSPS) is 21.7. The second-order valence-electron chi connectivity index (χ2n) is 7.87. The average molecular weight is 442 g/mol. The third-order valence-electron chi connectivity index (χ3n) is 5.96. The highest BCUT2D eigenvalue weighted by Gasteiger charge is 2.54. The first-order chi connectivity index (χ1) is 14.7. The molecule has 2 aliphatic heterocycles. The first-order valence-corrected chi connectivity index (χ1v) is 11.8. The highest BCUT2D eigenvalue weighted by molar-refractivity contribution is 7.91. The Morgan fingerprint density at radius 3 is 2.10 bits per heavy atom. The largest absolute Gasteiger partial charge is 0.340 e. The Bertz CT molecular complexity index is 1080. The number of nitrogens with one attached hydrogen (secondary N) is 1. The van der Waals surface area contributed by atoms with Crippen molar-refractivity contribution >= 4 is 27.7 Å². The number of sulfone groups is 1. The fraction of sp³-hybridized carbons (Fsp3) is 0.318. The van der Waals surface area contributed by atoms with Gasteiger partial charge in [0, 0.05) is 13.1 Å². The minimum atomic E-state index is -3.17. The molecular weight excluding hydrogens is 418 g/mol. The zero-order chi connectivity index (χ0) is 22.2. The number of rotatable bonds is 5. The smallest absolute Gasteiger partial charge is 0.326 e. The summed E-state index contributed by atoms with van der Waals surface area (Å²) in [6.45, 7) is -0.459. The average Bonchev–Trinajstić information content (AvgIpc) is 3.26. The number of benzene rings is 2. The molecule has 1 N–H and O–H groups in total. The first-order valence-electron chi connectivity index (χ1n) is 9.96. The van der Waals surface area contributed by atoms with Crippen LogP contribution in [0.1, 0.15) is 17.5 Å². The number of hydrogen-bond acceptors (Lipinski definition) is 5. The first kappa shape index (κ1) is 21.0. The van der Waals surface area contributed by atoms with E-state index in [9.17, 15) is 22.8 Å². The number of amides is 4. The van der Waals surface area contributed by atoms with Crippen molar-refractivity contribution in [3.63, 3.8) is 0 Å². The molecule has 2 aromatic rings. The molecule has 0 unspecified atom stereocenters. The molecule has 2 fully saturated rings. The Labute approximate surface area is 180 Å². The topological polar surface area (TPSA) is 104 Å². The van der Waals surface area contributed by atoms with Gasteiger partial charge in [-0.15, -0.1) is 0 Å². The summed E-state index contributed by atoms with van der Waals surface area (Å²) < 4.78 is 23.5. The number of likely N-dealkylation sites (N-methyl/N-ethyl adjacent to an activating group) is 1. The Kier molecular flexibility index (Phi) is 5.30. The van der Waals surface area contributed by atoms with E-state index in [0.29, 0.717) is 17.5 Å². The standard InChI is InChI=1S/C22H23N3O5S/c1-24(18-12-13-31(29,30)15-18)19(26)14-25-20(27)22(23-21(25)28,16-8-4-2-5-9-16)17-10-6-3-7-11-17/h2-11,18H,12-15H2,1H3,(H,23,28)/t18-/m1/s1. The second kappa shape index (κ2) is 7.81. The van der Waals surface area contributed by atoms with Gasteiger partial charge < -0.3 is 10.2 Å². The van der Waals surface area contributed by atoms with Gasteiger partial charge in [-0.2, -0.15) is 0 Å². The van der Waals surface area contributed by atoms with Crippen LogP contribution in [0, 0.1) is 0 Å². The molecule has 1 atom stereocenters. The van der Waals surface area contributed by atoms with E-state index in [2.05, 4.69) is 5.32 Å². The molecule has 8 nitrogen and oxygen atoms in total. The summed E-state index contributed by atoms with van der Waals surface area (Å²) in [6.07, 6.45) is 0.350. The molecule has 0 spiro atoms. The zero-order valence-corrected chi connectivity index (χ0v) is 17.8. The Morgan fingerprint density at radius 1 is 1.06 bits per heavy atom. The van der Waals surface area contributed by atoms with E-state index >= 15 is 0 Å². The minimum Gasteiger partial charge on any atom is -0.340 e. The fourth-order valence-corrected chi connectivity index (χ4v) is 5.96. The van der Waals surface area contributed by atoms with Crippen LogP contribution in [0.25, 0.3) is 0 Å². The SMILES string of the molecule is CN(C(=O)CN1C(=O)NC(c2ccccc2)(c2ccccc2)C1=O)[C@@H]1CCS(=O)(=O)C1. The van der Waals surface area contributed by atoms with E-state index in [-0.39, 0.29) is 11.5 Å². The van der Waals surface area contributed by atoms with Crippen molar-refractivity contribution in [2.45, 2.75) is 18.0 Å². The van der Waals surface area contributed by atoms with Crippen LogP contribution in [0.5, 0.6) is 0 Å². The molecule has 0 radical (unpaired) electrons. The number of imide groups is 1. The van der Waals surface area contributed by atoms with Crippen molar-refractivity contribution in [3.05, 3.63) is 71.8 Å². The summed E-state index contributed by atoms with van der Waals surface area (Å²) >= 11 is 0. The lowest BCUT2D eigenvalue weighted by molar-refractivity contribution is -0.138. The lowest BCUT2D eigenvalue weighted by atomic mass is 9.82. The van der Waals surface area contributed by atoms with Crippen LogP contribution in [-0.2, 0) is 25.0 Å². The minimum absolute atomic E-state index is 0.0313. The Hall–Kier alpha value is -3.20. The molecule has 0 saturated carbocycles. The summed E-state index contributed by atoms with van der Waals surface area (Å²) in [5.41, 5.74) is -0.260. The summed E-state index contributed by atoms with van der Waals surface area (Å²) in [5, 5.41) is 2.80. The lowest BCUT2D eigenvalue weighted by Gasteiger charge is -2.28. The van der Waals surface area contributed by atoms with Crippen LogP contribution >= 0.6 is 0 Å². The van der Waals surface area contributed by atoms with Gasteiger partial charge in [-0.3, -0.25) is 14.5 Å². The molecule has 2 heterocycles. The van der Waals surface area contributed by atoms with Gasteiger partial charge in [0.15, 0.2) is 15.4 Å². The molecule has 4 rings (SSSR count). The van der Waals surface area contributed by atoms with Gasteiger partial charge in [-0.05, 0) is 17.5 Å². The van der Waals surface area contributed by atoms with Crippen LogP contribution in [0.2, 0.25) is 0 Å². The highest BCUT2D eigenvalue weighted by Crippen LogP contribution is 2.36. The molecule has 2 aromatic carbocycles. The van der Waals surface area contributed by atoms with Crippen molar-refractivity contribution in [2.75, 3.05) is 25.1 Å². The van der Waals surface area contributed by atoms with Crippen molar-refractivity contribution in [3.8, 4) is 0 Å². The lowest BCUT2D eigenvalue weighted by Crippen LogP contribution is -2.47. The maximum atomic E-state index is 13.6. The van der Waals surface area contributed by atoms with Crippen LogP contribution in [0.15, 0.2) is 60.7 Å². The van der Waals surface area contributed by atoms with E-state index in [1.54, 1.807) is 48.5 Å². The zero-order valence-electron chi connectivity index (χ0n) is 17.0. The van der Waals surface area contributed by atoms with Gasteiger partial charge in [0.25, 0.3) is 5.91 Å². The molecular formula is C22H23N3O5S. The summed E-state index contributed by atoms with van der Waals surface area (Å²) in [7, 11) is -1.66.